The van der Waals surface area contributed by atoms with Gasteiger partial charge in [-0.25, -0.2) is 4.39 Å². The highest BCUT2D eigenvalue weighted by molar-refractivity contribution is 9.10. The average molecular weight is 303 g/mol. The number of carbonyl (C=O) groups excluding carboxylic acids is 1. The highest BCUT2D eigenvalue weighted by atomic mass is 79.9. The Bertz CT molecular complexity index is 409. The highest BCUT2D eigenvalue weighted by Crippen LogP contribution is 2.21. The molecule has 0 aliphatic rings. The first-order valence-electron chi connectivity index (χ1n) is 5.39. The van der Waals surface area contributed by atoms with Gasteiger partial charge in [0.25, 0.3) is 0 Å². The number of carbonyl (C=O) groups is 1. The van der Waals surface area contributed by atoms with Crippen molar-refractivity contribution < 1.29 is 9.18 Å². The van der Waals surface area contributed by atoms with Crippen LogP contribution < -0.4 is 11.1 Å². The summed E-state index contributed by atoms with van der Waals surface area (Å²) >= 11 is 3.25. The van der Waals surface area contributed by atoms with Crippen LogP contribution in [0.4, 0.5) is 4.39 Å². The second-order valence-corrected chi connectivity index (χ2v) is 5.22. The molecule has 0 saturated carbocycles. The molecule has 94 valence electrons. The zero-order valence-corrected chi connectivity index (χ0v) is 11.4. The van der Waals surface area contributed by atoms with Gasteiger partial charge < -0.3 is 11.1 Å². The summed E-state index contributed by atoms with van der Waals surface area (Å²) in [6, 6.07) is 3.67. The van der Waals surface area contributed by atoms with Gasteiger partial charge in [0.1, 0.15) is 11.9 Å². The van der Waals surface area contributed by atoms with E-state index in [4.69, 9.17) is 5.73 Å². The molecule has 0 saturated heterocycles. The van der Waals surface area contributed by atoms with Gasteiger partial charge in [0.2, 0.25) is 5.91 Å². The maximum absolute atomic E-state index is 13.6. The van der Waals surface area contributed by atoms with E-state index in [1.54, 1.807) is 12.1 Å². The summed E-state index contributed by atoms with van der Waals surface area (Å²) in [5.74, 6) is -0.664. The van der Waals surface area contributed by atoms with Crippen molar-refractivity contribution in [1.29, 1.82) is 0 Å². The third kappa shape index (κ3) is 4.09. The van der Waals surface area contributed by atoms with Crippen LogP contribution in [0.15, 0.2) is 22.7 Å². The molecule has 0 radical (unpaired) electrons. The minimum Gasteiger partial charge on any atom is -0.368 e. The number of rotatable bonds is 5. The molecule has 1 unspecified atom stereocenters. The summed E-state index contributed by atoms with van der Waals surface area (Å²) < 4.78 is 14.4. The Balaban J connectivity index is 2.97. The van der Waals surface area contributed by atoms with Crippen molar-refractivity contribution in [2.45, 2.75) is 19.9 Å². The zero-order valence-electron chi connectivity index (χ0n) is 9.84. The van der Waals surface area contributed by atoms with Crippen LogP contribution >= 0.6 is 15.9 Å². The topological polar surface area (TPSA) is 55.1 Å². The van der Waals surface area contributed by atoms with Gasteiger partial charge in [0, 0.05) is 10.0 Å². The third-order valence-corrected chi connectivity index (χ3v) is 2.78. The molecule has 1 rings (SSSR count). The van der Waals surface area contributed by atoms with Crippen LogP contribution in [0.5, 0.6) is 0 Å². The maximum atomic E-state index is 13.6. The third-order valence-electron chi connectivity index (χ3n) is 2.28. The second kappa shape index (κ2) is 6.12. The molecular formula is C12H16BrFN2O. The summed E-state index contributed by atoms with van der Waals surface area (Å²) in [6.07, 6.45) is 0. The monoisotopic (exact) mass is 302 g/mol. The lowest BCUT2D eigenvalue weighted by Crippen LogP contribution is -2.36. The molecular weight excluding hydrogens is 287 g/mol. The van der Waals surface area contributed by atoms with E-state index in [2.05, 4.69) is 21.2 Å². The summed E-state index contributed by atoms with van der Waals surface area (Å²) in [6.45, 7) is 4.60. The predicted molar refractivity (Wildman–Crippen MR) is 68.9 cm³/mol. The van der Waals surface area contributed by atoms with E-state index in [-0.39, 0.29) is 5.56 Å². The zero-order chi connectivity index (χ0) is 13.0. The number of primary amides is 1. The second-order valence-electron chi connectivity index (χ2n) is 4.30. The SMILES string of the molecule is CC(C)CNC(C(N)=O)c1cc(Br)ccc1F. The van der Waals surface area contributed by atoms with E-state index in [0.29, 0.717) is 16.9 Å². The number of amides is 1. The lowest BCUT2D eigenvalue weighted by atomic mass is 10.0. The van der Waals surface area contributed by atoms with Crippen molar-refractivity contribution in [2.24, 2.45) is 11.7 Å². The number of benzene rings is 1. The molecule has 0 bridgehead atoms. The van der Waals surface area contributed by atoms with E-state index in [1.807, 2.05) is 13.8 Å². The molecule has 1 atom stereocenters. The van der Waals surface area contributed by atoms with Crippen molar-refractivity contribution >= 4 is 21.8 Å². The lowest BCUT2D eigenvalue weighted by molar-refractivity contribution is -0.120. The normalized spacial score (nSPS) is 12.8. The van der Waals surface area contributed by atoms with Gasteiger partial charge in [-0.3, -0.25) is 4.79 Å². The molecule has 0 aliphatic heterocycles. The quantitative estimate of drug-likeness (QED) is 0.877. The van der Waals surface area contributed by atoms with E-state index in [1.165, 1.54) is 6.07 Å². The average Bonchev–Trinajstić information content (AvgIpc) is 2.22. The molecule has 17 heavy (non-hydrogen) atoms. The smallest absolute Gasteiger partial charge is 0.239 e. The van der Waals surface area contributed by atoms with Crippen molar-refractivity contribution in [3.63, 3.8) is 0 Å². The van der Waals surface area contributed by atoms with Gasteiger partial charge in [-0.05, 0) is 30.7 Å². The van der Waals surface area contributed by atoms with Gasteiger partial charge in [-0.1, -0.05) is 29.8 Å². The first-order chi connectivity index (χ1) is 7.91. The summed E-state index contributed by atoms with van der Waals surface area (Å²) in [5.41, 5.74) is 5.56. The predicted octanol–water partition coefficient (Wildman–Crippen LogP) is 2.36. The number of nitrogens with two attached hydrogens (primary N) is 1. The fourth-order valence-electron chi connectivity index (χ4n) is 1.45. The first kappa shape index (κ1) is 14.1. The maximum Gasteiger partial charge on any atom is 0.239 e. The minimum absolute atomic E-state index is 0.271. The van der Waals surface area contributed by atoms with Crippen molar-refractivity contribution in [2.75, 3.05) is 6.54 Å². The number of nitrogens with one attached hydrogen (secondary N) is 1. The first-order valence-corrected chi connectivity index (χ1v) is 6.18. The van der Waals surface area contributed by atoms with Crippen LogP contribution in [0.3, 0.4) is 0 Å². The molecule has 1 aromatic carbocycles. The van der Waals surface area contributed by atoms with E-state index in [0.717, 1.165) is 0 Å². The summed E-state index contributed by atoms with van der Waals surface area (Å²) in [7, 11) is 0. The highest BCUT2D eigenvalue weighted by Gasteiger charge is 2.21. The fraction of sp³-hybridized carbons (Fsp3) is 0.417. The van der Waals surface area contributed by atoms with Crippen molar-refractivity contribution in [3.8, 4) is 0 Å². The summed E-state index contributed by atoms with van der Waals surface area (Å²) in [4.78, 5) is 11.4. The molecule has 3 nitrogen and oxygen atoms in total. The Morgan fingerprint density at radius 1 is 1.53 bits per heavy atom. The van der Waals surface area contributed by atoms with Crippen LogP contribution in [-0.2, 0) is 4.79 Å². The van der Waals surface area contributed by atoms with E-state index in [9.17, 15) is 9.18 Å². The molecule has 5 heteroatoms. The van der Waals surface area contributed by atoms with Gasteiger partial charge in [-0.2, -0.15) is 0 Å². The largest absolute Gasteiger partial charge is 0.368 e. The molecule has 0 spiro atoms. The van der Waals surface area contributed by atoms with Crippen LogP contribution in [0.2, 0.25) is 0 Å². The molecule has 0 fully saturated rings. The van der Waals surface area contributed by atoms with E-state index >= 15 is 0 Å². The number of hydrogen-bond donors (Lipinski definition) is 2. The Morgan fingerprint density at radius 3 is 2.71 bits per heavy atom. The lowest BCUT2D eigenvalue weighted by Gasteiger charge is -2.18. The molecule has 0 aromatic heterocycles. The Kier molecular flexibility index (Phi) is 5.08. The standard InChI is InChI=1S/C12H16BrFN2O/c1-7(2)6-16-11(12(15)17)9-5-8(13)3-4-10(9)14/h3-5,7,11,16H,6H2,1-2H3,(H2,15,17). The van der Waals surface area contributed by atoms with Crippen LogP contribution in [-0.4, -0.2) is 12.5 Å². The van der Waals surface area contributed by atoms with Crippen molar-refractivity contribution in [1.82, 2.24) is 5.32 Å². The molecule has 3 N–H and O–H groups in total. The Morgan fingerprint density at radius 2 is 2.18 bits per heavy atom. The van der Waals surface area contributed by atoms with Crippen LogP contribution in [0, 0.1) is 11.7 Å². The minimum atomic E-state index is -0.796. The van der Waals surface area contributed by atoms with Gasteiger partial charge >= 0.3 is 0 Å². The van der Waals surface area contributed by atoms with Gasteiger partial charge in [0.15, 0.2) is 0 Å². The molecule has 1 amide bonds. The van der Waals surface area contributed by atoms with Crippen LogP contribution in [0.1, 0.15) is 25.5 Å². The number of hydrogen-bond acceptors (Lipinski definition) is 2. The molecule has 1 aromatic rings. The summed E-state index contributed by atoms with van der Waals surface area (Å²) in [5, 5.41) is 2.97. The molecule has 0 aliphatic carbocycles. The Hall–Kier alpha value is -0.940. The van der Waals surface area contributed by atoms with Gasteiger partial charge in [-0.15, -0.1) is 0 Å². The van der Waals surface area contributed by atoms with E-state index < -0.39 is 17.8 Å². The van der Waals surface area contributed by atoms with Gasteiger partial charge in [0.05, 0.1) is 0 Å². The number of halogens is 2. The molecule has 0 heterocycles. The van der Waals surface area contributed by atoms with Crippen molar-refractivity contribution in [3.05, 3.63) is 34.1 Å². The van der Waals surface area contributed by atoms with Crippen LogP contribution in [0.25, 0.3) is 0 Å². The Labute approximate surface area is 109 Å². The fourth-order valence-corrected chi connectivity index (χ4v) is 1.83.